The van der Waals surface area contributed by atoms with E-state index >= 15 is 0 Å². The molecule has 0 saturated heterocycles. The Kier molecular flexibility index (Phi) is 4.07. The molecule has 94 valence electrons. The quantitative estimate of drug-likeness (QED) is 0.837. The van der Waals surface area contributed by atoms with Crippen LogP contribution in [0.25, 0.3) is 11.3 Å². The largest absolute Gasteiger partial charge is 0.392 e. The van der Waals surface area contributed by atoms with E-state index < -0.39 is 5.82 Å². The predicted molar refractivity (Wildman–Crippen MR) is 70.6 cm³/mol. The van der Waals surface area contributed by atoms with Crippen LogP contribution in [-0.2, 0) is 6.61 Å². The van der Waals surface area contributed by atoms with E-state index in [0.717, 1.165) is 6.20 Å². The third-order valence-electron chi connectivity index (χ3n) is 2.39. The summed E-state index contributed by atoms with van der Waals surface area (Å²) in [5.41, 5.74) is 1.20. The third-order valence-corrected chi connectivity index (χ3v) is 3.69. The van der Waals surface area contributed by atoms with Crippen LogP contribution in [0, 0.1) is 5.82 Å². The normalized spacial score (nSPS) is 10.7. The van der Waals surface area contributed by atoms with Crippen molar-refractivity contribution in [3.8, 4) is 11.3 Å². The Labute approximate surface area is 118 Å². The van der Waals surface area contributed by atoms with Crippen molar-refractivity contribution >= 4 is 34.8 Å². The second-order valence-corrected chi connectivity index (χ2v) is 4.71. The zero-order valence-corrected chi connectivity index (χ0v) is 11.2. The molecule has 0 aliphatic rings. The van der Waals surface area contributed by atoms with Crippen LogP contribution < -0.4 is 0 Å². The lowest BCUT2D eigenvalue weighted by molar-refractivity contribution is 0.281. The fraction of sp³-hybridized carbons (Fsp3) is 0.0833. The number of rotatable bonds is 2. The van der Waals surface area contributed by atoms with Gasteiger partial charge in [-0.3, -0.25) is 4.98 Å². The SMILES string of the molecule is OCc1cc(F)cnc1-c1ccc(Cl)c(Cl)c1Cl. The Morgan fingerprint density at radius 1 is 1.17 bits per heavy atom. The molecule has 6 heteroatoms. The van der Waals surface area contributed by atoms with Gasteiger partial charge in [-0.25, -0.2) is 4.39 Å². The van der Waals surface area contributed by atoms with E-state index in [1.54, 1.807) is 12.1 Å². The molecular formula is C12H7Cl3FNO. The molecule has 0 fully saturated rings. The van der Waals surface area contributed by atoms with E-state index in [1.165, 1.54) is 6.07 Å². The lowest BCUT2D eigenvalue weighted by atomic mass is 10.1. The first-order valence-corrected chi connectivity index (χ1v) is 6.07. The van der Waals surface area contributed by atoms with Crippen LogP contribution in [-0.4, -0.2) is 10.1 Å². The minimum Gasteiger partial charge on any atom is -0.392 e. The number of nitrogens with zero attached hydrogens (tertiary/aromatic N) is 1. The van der Waals surface area contributed by atoms with Crippen molar-refractivity contribution in [2.24, 2.45) is 0 Å². The summed E-state index contributed by atoms with van der Waals surface area (Å²) in [7, 11) is 0. The summed E-state index contributed by atoms with van der Waals surface area (Å²) in [6, 6.07) is 4.38. The molecule has 0 spiro atoms. The van der Waals surface area contributed by atoms with E-state index in [4.69, 9.17) is 34.8 Å². The summed E-state index contributed by atoms with van der Waals surface area (Å²) < 4.78 is 13.0. The number of halogens is 4. The molecule has 0 aliphatic carbocycles. The van der Waals surface area contributed by atoms with Gasteiger partial charge in [-0.05, 0) is 18.2 Å². The fourth-order valence-electron chi connectivity index (χ4n) is 1.55. The van der Waals surface area contributed by atoms with Gasteiger partial charge in [0.15, 0.2) is 0 Å². The van der Waals surface area contributed by atoms with Crippen molar-refractivity contribution in [2.45, 2.75) is 6.61 Å². The third kappa shape index (κ3) is 2.45. The van der Waals surface area contributed by atoms with E-state index in [0.29, 0.717) is 21.8 Å². The van der Waals surface area contributed by atoms with E-state index in [-0.39, 0.29) is 16.7 Å². The molecule has 0 aliphatic heterocycles. The van der Waals surface area contributed by atoms with Crippen LogP contribution >= 0.6 is 34.8 Å². The van der Waals surface area contributed by atoms with E-state index in [1.807, 2.05) is 0 Å². The van der Waals surface area contributed by atoms with E-state index in [2.05, 4.69) is 4.98 Å². The molecule has 2 rings (SSSR count). The average Bonchev–Trinajstić information content (AvgIpc) is 2.37. The monoisotopic (exact) mass is 305 g/mol. The van der Waals surface area contributed by atoms with Gasteiger partial charge in [-0.1, -0.05) is 34.8 Å². The van der Waals surface area contributed by atoms with Gasteiger partial charge in [-0.2, -0.15) is 0 Å². The number of benzene rings is 1. The topological polar surface area (TPSA) is 33.1 Å². The molecule has 1 N–H and O–H groups in total. The van der Waals surface area contributed by atoms with Crippen LogP contribution in [0.1, 0.15) is 5.56 Å². The van der Waals surface area contributed by atoms with Gasteiger partial charge in [0.2, 0.25) is 0 Å². The van der Waals surface area contributed by atoms with Gasteiger partial charge in [0.05, 0.1) is 33.6 Å². The second kappa shape index (κ2) is 5.41. The van der Waals surface area contributed by atoms with Gasteiger partial charge in [0.1, 0.15) is 5.82 Å². The van der Waals surface area contributed by atoms with Crippen molar-refractivity contribution < 1.29 is 9.50 Å². The second-order valence-electron chi connectivity index (χ2n) is 3.54. The maximum Gasteiger partial charge on any atom is 0.141 e. The summed E-state index contributed by atoms with van der Waals surface area (Å²) in [4.78, 5) is 3.93. The van der Waals surface area contributed by atoms with Crippen molar-refractivity contribution in [1.82, 2.24) is 4.98 Å². The first-order chi connectivity index (χ1) is 8.54. The van der Waals surface area contributed by atoms with Crippen LogP contribution in [0.3, 0.4) is 0 Å². The summed E-state index contributed by atoms with van der Waals surface area (Å²) >= 11 is 17.8. The minimum absolute atomic E-state index is 0.200. The number of aliphatic hydroxyl groups excluding tert-OH is 1. The van der Waals surface area contributed by atoms with Crippen molar-refractivity contribution in [2.75, 3.05) is 0 Å². The Morgan fingerprint density at radius 2 is 1.89 bits per heavy atom. The van der Waals surface area contributed by atoms with Crippen molar-refractivity contribution in [1.29, 1.82) is 0 Å². The molecule has 18 heavy (non-hydrogen) atoms. The maximum absolute atomic E-state index is 13.0. The molecule has 1 aromatic heterocycles. The summed E-state index contributed by atoms with van der Waals surface area (Å²) in [5, 5.41) is 9.95. The molecule has 0 bridgehead atoms. The van der Waals surface area contributed by atoms with E-state index in [9.17, 15) is 9.50 Å². The molecule has 0 unspecified atom stereocenters. The van der Waals surface area contributed by atoms with Crippen LogP contribution in [0.5, 0.6) is 0 Å². The summed E-state index contributed by atoms with van der Waals surface area (Å²) in [5.74, 6) is -0.529. The fourth-order valence-corrected chi connectivity index (χ4v) is 2.18. The predicted octanol–water partition coefficient (Wildman–Crippen LogP) is 4.34. The van der Waals surface area contributed by atoms with Crippen LogP contribution in [0.15, 0.2) is 24.4 Å². The molecule has 0 atom stereocenters. The molecule has 1 heterocycles. The molecule has 2 nitrogen and oxygen atoms in total. The first kappa shape index (κ1) is 13.6. The Morgan fingerprint density at radius 3 is 2.56 bits per heavy atom. The Balaban J connectivity index is 2.66. The highest BCUT2D eigenvalue weighted by atomic mass is 35.5. The van der Waals surface area contributed by atoms with Crippen LogP contribution in [0.2, 0.25) is 15.1 Å². The first-order valence-electron chi connectivity index (χ1n) is 4.93. The van der Waals surface area contributed by atoms with Crippen molar-refractivity contribution in [3.63, 3.8) is 0 Å². The van der Waals surface area contributed by atoms with Gasteiger partial charge < -0.3 is 5.11 Å². The number of pyridine rings is 1. The van der Waals surface area contributed by atoms with Crippen LogP contribution in [0.4, 0.5) is 4.39 Å². The number of hydrogen-bond acceptors (Lipinski definition) is 2. The highest BCUT2D eigenvalue weighted by Crippen LogP contribution is 2.38. The average molecular weight is 307 g/mol. The molecule has 0 saturated carbocycles. The zero-order chi connectivity index (χ0) is 13.3. The minimum atomic E-state index is -0.529. The van der Waals surface area contributed by atoms with Gasteiger partial charge in [0.25, 0.3) is 0 Å². The standard InChI is InChI=1S/C12H7Cl3FNO/c13-9-2-1-8(10(14)11(9)15)12-6(5-18)3-7(16)4-17-12/h1-4,18H,5H2. The van der Waals surface area contributed by atoms with Gasteiger partial charge in [0, 0.05) is 11.1 Å². The number of hydrogen-bond donors (Lipinski definition) is 1. The smallest absolute Gasteiger partial charge is 0.141 e. The highest BCUT2D eigenvalue weighted by Gasteiger charge is 2.15. The van der Waals surface area contributed by atoms with Crippen molar-refractivity contribution in [3.05, 3.63) is 50.8 Å². The highest BCUT2D eigenvalue weighted by molar-refractivity contribution is 6.49. The lowest BCUT2D eigenvalue weighted by Crippen LogP contribution is -1.95. The number of aliphatic hydroxyl groups is 1. The molecular weight excluding hydrogens is 299 g/mol. The Hall–Kier alpha value is -0.870. The molecule has 2 aromatic rings. The maximum atomic E-state index is 13.0. The molecule has 0 radical (unpaired) electrons. The number of aromatic nitrogens is 1. The summed E-state index contributed by atoms with van der Waals surface area (Å²) in [6.07, 6.45) is 1.05. The zero-order valence-electron chi connectivity index (χ0n) is 8.92. The van der Waals surface area contributed by atoms with Gasteiger partial charge >= 0.3 is 0 Å². The molecule has 1 aromatic carbocycles. The van der Waals surface area contributed by atoms with Gasteiger partial charge in [-0.15, -0.1) is 0 Å². The molecule has 0 amide bonds. The Bertz CT molecular complexity index is 604. The lowest BCUT2D eigenvalue weighted by Gasteiger charge is -2.10. The summed E-state index contributed by atoms with van der Waals surface area (Å²) in [6.45, 7) is -0.351.